The lowest BCUT2D eigenvalue weighted by Crippen LogP contribution is -2.13. The summed E-state index contributed by atoms with van der Waals surface area (Å²) in [5.74, 6) is -0.770. The van der Waals surface area contributed by atoms with E-state index < -0.39 is 5.97 Å². The number of amides is 1. The van der Waals surface area contributed by atoms with Crippen molar-refractivity contribution >= 4 is 50.6 Å². The second kappa shape index (κ2) is 7.73. The van der Waals surface area contributed by atoms with Crippen LogP contribution in [0.1, 0.15) is 30.6 Å². The lowest BCUT2D eigenvalue weighted by Gasteiger charge is -2.08. The third-order valence-electron chi connectivity index (χ3n) is 4.34. The van der Waals surface area contributed by atoms with Crippen LogP contribution in [0.25, 0.3) is 21.5 Å². The van der Waals surface area contributed by atoms with Crippen molar-refractivity contribution < 1.29 is 14.3 Å². The van der Waals surface area contributed by atoms with Gasteiger partial charge in [0.15, 0.2) is 5.13 Å². The van der Waals surface area contributed by atoms with Gasteiger partial charge >= 0.3 is 5.97 Å². The predicted octanol–water partition coefficient (Wildman–Crippen LogP) is 5.08. The van der Waals surface area contributed by atoms with E-state index >= 15 is 0 Å². The summed E-state index contributed by atoms with van der Waals surface area (Å²) in [5, 5.41) is 3.91. The number of carbonyl (C=O) groups excluding carboxylic acids is 2. The molecule has 1 N–H and O–H groups in total. The van der Waals surface area contributed by atoms with Crippen LogP contribution >= 0.6 is 22.7 Å². The van der Waals surface area contributed by atoms with Gasteiger partial charge < -0.3 is 4.74 Å². The number of ether oxygens (including phenoxy) is 1. The average molecular weight is 424 g/mol. The molecule has 0 fully saturated rings. The molecule has 6 nitrogen and oxygen atoms in total. The van der Waals surface area contributed by atoms with E-state index in [-0.39, 0.29) is 5.91 Å². The topological polar surface area (TPSA) is 81.2 Å². The van der Waals surface area contributed by atoms with Gasteiger partial charge in [-0.1, -0.05) is 29.5 Å². The molecular weight excluding hydrogens is 406 g/mol. The van der Waals surface area contributed by atoms with Crippen LogP contribution in [0.5, 0.6) is 0 Å². The minimum Gasteiger partial charge on any atom is -0.465 e. The Morgan fingerprint density at radius 2 is 1.83 bits per heavy atom. The fourth-order valence-corrected chi connectivity index (χ4v) is 4.67. The number of para-hydroxylation sites is 1. The Labute approximate surface area is 175 Å². The van der Waals surface area contributed by atoms with Crippen molar-refractivity contribution in [2.24, 2.45) is 0 Å². The van der Waals surface area contributed by atoms with Crippen molar-refractivity contribution in [3.63, 3.8) is 0 Å². The molecule has 3 heterocycles. The van der Waals surface area contributed by atoms with E-state index in [9.17, 15) is 9.59 Å². The molecule has 0 atom stereocenters. The Kier molecular flexibility index (Phi) is 5.12. The molecule has 0 unspecified atom stereocenters. The third kappa shape index (κ3) is 3.76. The van der Waals surface area contributed by atoms with Crippen LogP contribution in [0.4, 0.5) is 5.13 Å². The zero-order valence-corrected chi connectivity index (χ0v) is 17.6. The Hall–Kier alpha value is -3.10. The molecule has 1 aromatic carbocycles. The first-order valence-corrected chi connectivity index (χ1v) is 10.4. The monoisotopic (exact) mass is 423 g/mol. The number of hydrogen-bond acceptors (Lipinski definition) is 7. The molecular formula is C21H17N3O3S2. The van der Waals surface area contributed by atoms with Gasteiger partial charge in [-0.2, -0.15) is 0 Å². The van der Waals surface area contributed by atoms with Crippen LogP contribution in [0, 0.1) is 13.8 Å². The molecule has 0 saturated heterocycles. The molecule has 0 spiro atoms. The SMILES string of the molecule is COC(=O)c1sc(NC(=O)c2cc(-c3ccc(C)s3)nc3ccccc23)nc1C. The van der Waals surface area contributed by atoms with E-state index in [2.05, 4.69) is 10.3 Å². The molecule has 8 heteroatoms. The van der Waals surface area contributed by atoms with Crippen LogP contribution in [-0.2, 0) is 4.74 Å². The maximum Gasteiger partial charge on any atom is 0.350 e. The van der Waals surface area contributed by atoms with E-state index in [0.717, 1.165) is 32.8 Å². The molecule has 0 radical (unpaired) electrons. The number of thiophene rings is 1. The molecule has 146 valence electrons. The van der Waals surface area contributed by atoms with Gasteiger partial charge in [0.25, 0.3) is 5.91 Å². The number of methoxy groups -OCH3 is 1. The number of anilines is 1. The first kappa shape index (κ1) is 19.2. The number of carbonyl (C=O) groups is 2. The minimum absolute atomic E-state index is 0.303. The minimum atomic E-state index is -0.467. The molecule has 29 heavy (non-hydrogen) atoms. The Morgan fingerprint density at radius 3 is 2.55 bits per heavy atom. The normalized spacial score (nSPS) is 10.9. The smallest absolute Gasteiger partial charge is 0.350 e. The van der Waals surface area contributed by atoms with Gasteiger partial charge in [-0.05, 0) is 38.1 Å². The summed E-state index contributed by atoms with van der Waals surface area (Å²) in [7, 11) is 1.32. The number of thiazole rings is 1. The predicted molar refractivity (Wildman–Crippen MR) is 116 cm³/mol. The highest BCUT2D eigenvalue weighted by Crippen LogP contribution is 2.31. The van der Waals surface area contributed by atoms with Gasteiger partial charge in [0.2, 0.25) is 0 Å². The molecule has 1 amide bonds. The first-order chi connectivity index (χ1) is 14.0. The van der Waals surface area contributed by atoms with Gasteiger partial charge in [0, 0.05) is 10.3 Å². The van der Waals surface area contributed by atoms with Crippen LogP contribution in [0.15, 0.2) is 42.5 Å². The number of pyridine rings is 1. The molecule has 0 aliphatic rings. The van der Waals surface area contributed by atoms with E-state index in [1.165, 1.54) is 12.0 Å². The summed E-state index contributed by atoms with van der Waals surface area (Å²) in [4.78, 5) is 36.4. The van der Waals surface area contributed by atoms with Gasteiger partial charge in [0.1, 0.15) is 4.88 Å². The summed E-state index contributed by atoms with van der Waals surface area (Å²) in [6, 6.07) is 13.4. The standard InChI is InChI=1S/C21H17N3O3S2/c1-11-8-9-17(28-11)16-10-14(13-6-4-5-7-15(13)23-16)19(25)24-21-22-12(2)18(29-21)20(26)27-3/h4-10H,1-3H3,(H,22,24,25). The number of benzene rings is 1. The second-order valence-corrected chi connectivity index (χ2v) is 8.65. The van der Waals surface area contributed by atoms with Crippen molar-refractivity contribution in [1.82, 2.24) is 9.97 Å². The summed E-state index contributed by atoms with van der Waals surface area (Å²) >= 11 is 2.72. The molecule has 0 saturated carbocycles. The Balaban J connectivity index is 1.74. The van der Waals surface area contributed by atoms with Crippen molar-refractivity contribution in [2.75, 3.05) is 12.4 Å². The van der Waals surface area contributed by atoms with E-state index in [4.69, 9.17) is 9.72 Å². The molecule has 0 aliphatic heterocycles. The zero-order chi connectivity index (χ0) is 20.5. The van der Waals surface area contributed by atoms with Gasteiger partial charge in [0.05, 0.1) is 34.5 Å². The van der Waals surface area contributed by atoms with E-state index in [1.807, 2.05) is 43.3 Å². The van der Waals surface area contributed by atoms with Crippen LogP contribution < -0.4 is 5.32 Å². The second-order valence-electron chi connectivity index (χ2n) is 6.36. The fourth-order valence-electron chi connectivity index (χ4n) is 2.96. The van der Waals surface area contributed by atoms with Crippen molar-refractivity contribution in [3.05, 3.63) is 63.5 Å². The van der Waals surface area contributed by atoms with Crippen LogP contribution in [0.2, 0.25) is 0 Å². The summed E-state index contributed by atoms with van der Waals surface area (Å²) in [6.07, 6.45) is 0. The van der Waals surface area contributed by atoms with Crippen LogP contribution in [-0.4, -0.2) is 29.0 Å². The summed E-state index contributed by atoms with van der Waals surface area (Å²) in [6.45, 7) is 3.74. The molecule has 4 aromatic rings. The number of rotatable bonds is 4. The Morgan fingerprint density at radius 1 is 1.03 bits per heavy atom. The average Bonchev–Trinajstić information content (AvgIpc) is 3.31. The van der Waals surface area contributed by atoms with E-state index in [1.54, 1.807) is 24.3 Å². The highest BCUT2D eigenvalue weighted by molar-refractivity contribution is 7.17. The number of fused-ring (bicyclic) bond motifs is 1. The van der Waals surface area contributed by atoms with Crippen LogP contribution in [0.3, 0.4) is 0 Å². The number of nitrogens with one attached hydrogen (secondary N) is 1. The lowest BCUT2D eigenvalue weighted by atomic mass is 10.1. The molecule has 0 aliphatic carbocycles. The van der Waals surface area contributed by atoms with Gasteiger partial charge in [-0.15, -0.1) is 11.3 Å². The first-order valence-electron chi connectivity index (χ1n) is 8.80. The molecule has 0 bridgehead atoms. The highest BCUT2D eigenvalue weighted by atomic mass is 32.1. The maximum absolute atomic E-state index is 13.1. The summed E-state index contributed by atoms with van der Waals surface area (Å²) < 4.78 is 4.76. The lowest BCUT2D eigenvalue weighted by molar-refractivity contribution is 0.0605. The number of aryl methyl sites for hydroxylation is 2. The number of aromatic nitrogens is 2. The van der Waals surface area contributed by atoms with E-state index in [0.29, 0.717) is 21.3 Å². The van der Waals surface area contributed by atoms with Gasteiger partial charge in [-0.25, -0.2) is 14.8 Å². The highest BCUT2D eigenvalue weighted by Gasteiger charge is 2.19. The zero-order valence-electron chi connectivity index (χ0n) is 16.0. The van der Waals surface area contributed by atoms with Crippen molar-refractivity contribution in [1.29, 1.82) is 0 Å². The number of nitrogens with zero attached hydrogens (tertiary/aromatic N) is 2. The molecule has 4 rings (SSSR count). The number of hydrogen-bond donors (Lipinski definition) is 1. The Bertz CT molecular complexity index is 1240. The van der Waals surface area contributed by atoms with Crippen molar-refractivity contribution in [2.45, 2.75) is 13.8 Å². The summed E-state index contributed by atoms with van der Waals surface area (Å²) in [5.41, 5.74) is 2.51. The van der Waals surface area contributed by atoms with Crippen molar-refractivity contribution in [3.8, 4) is 10.6 Å². The van der Waals surface area contributed by atoms with Gasteiger partial charge in [-0.3, -0.25) is 10.1 Å². The molecule has 3 aromatic heterocycles. The fraction of sp³-hybridized carbons (Fsp3) is 0.143. The maximum atomic E-state index is 13.1. The number of esters is 1. The third-order valence-corrected chi connectivity index (χ3v) is 6.42. The largest absolute Gasteiger partial charge is 0.465 e. The quantitative estimate of drug-likeness (QED) is 0.463.